The van der Waals surface area contributed by atoms with Crippen molar-refractivity contribution in [2.75, 3.05) is 28.2 Å². The van der Waals surface area contributed by atoms with E-state index < -0.39 is 35.2 Å². The molecule has 6 aromatic rings. The number of benzene rings is 6. The molecule has 6 aromatic carbocycles. The molecule has 0 heterocycles. The van der Waals surface area contributed by atoms with E-state index in [1.54, 1.807) is 12.1 Å². The lowest BCUT2D eigenvalue weighted by molar-refractivity contribution is -0.134. The fourth-order valence-corrected chi connectivity index (χ4v) is 7.08. The van der Waals surface area contributed by atoms with E-state index in [4.69, 9.17) is 10.2 Å². The number of halogens is 4. The topological polar surface area (TPSA) is 81.1 Å². The van der Waals surface area contributed by atoms with Crippen LogP contribution in [-0.4, -0.2) is 60.1 Å². The van der Waals surface area contributed by atoms with Gasteiger partial charge in [-0.05, 0) is 147 Å². The summed E-state index contributed by atoms with van der Waals surface area (Å²) >= 11 is 0. The maximum Gasteiger partial charge on any atom is 0.328 e. The maximum atomic E-state index is 13.6. The first-order valence-corrected chi connectivity index (χ1v) is 18.9. The minimum absolute atomic E-state index is 0.0434. The molecule has 2 unspecified atom stereocenters. The summed E-state index contributed by atoms with van der Waals surface area (Å²) in [7, 11) is 7.88. The molecule has 0 aliphatic heterocycles. The van der Waals surface area contributed by atoms with Crippen molar-refractivity contribution < 1.29 is 37.4 Å². The van der Waals surface area contributed by atoms with Crippen molar-refractivity contribution in [3.8, 4) is 0 Å². The molecule has 304 valence electrons. The van der Waals surface area contributed by atoms with Gasteiger partial charge in [-0.15, -0.1) is 0 Å². The summed E-state index contributed by atoms with van der Waals surface area (Å²) in [6.07, 6.45) is 4.57. The third-order valence-corrected chi connectivity index (χ3v) is 9.94. The minimum atomic E-state index is -1.26. The zero-order valence-electron chi connectivity index (χ0n) is 33.6. The van der Waals surface area contributed by atoms with Crippen LogP contribution in [0.5, 0.6) is 0 Å². The van der Waals surface area contributed by atoms with Crippen molar-refractivity contribution >= 4 is 33.5 Å². The Labute approximate surface area is 337 Å². The average molecular weight is 795 g/mol. The van der Waals surface area contributed by atoms with Crippen LogP contribution in [0.25, 0.3) is 21.5 Å². The number of aliphatic carboxylic acids is 2. The molecule has 0 bridgehead atoms. The molecule has 0 radical (unpaired) electrons. The summed E-state index contributed by atoms with van der Waals surface area (Å²) in [5.41, 5.74) is 6.68. The first-order chi connectivity index (χ1) is 27.5. The van der Waals surface area contributed by atoms with Crippen LogP contribution in [-0.2, 0) is 22.4 Å². The van der Waals surface area contributed by atoms with E-state index in [1.165, 1.54) is 68.1 Å². The van der Waals surface area contributed by atoms with E-state index in [9.17, 15) is 27.2 Å². The van der Waals surface area contributed by atoms with E-state index >= 15 is 0 Å². The van der Waals surface area contributed by atoms with Gasteiger partial charge in [-0.1, -0.05) is 84.9 Å². The number of hydrogen-bond donors (Lipinski definition) is 2. The third kappa shape index (κ3) is 12.8. The van der Waals surface area contributed by atoms with Crippen molar-refractivity contribution in [2.24, 2.45) is 0 Å². The third-order valence-electron chi connectivity index (χ3n) is 9.94. The van der Waals surface area contributed by atoms with E-state index in [0.717, 1.165) is 36.8 Å². The number of nitrogens with zero attached hydrogens (tertiary/aromatic N) is 2. The van der Waals surface area contributed by atoms with Crippen molar-refractivity contribution in [3.63, 3.8) is 0 Å². The second kappa shape index (κ2) is 21.1. The number of carboxylic acids is 2. The summed E-state index contributed by atoms with van der Waals surface area (Å²) < 4.78 is 53.6. The highest BCUT2D eigenvalue weighted by molar-refractivity contribution is 5.89. The Bertz CT molecular complexity index is 2210. The molecule has 2 N–H and O–H groups in total. The van der Waals surface area contributed by atoms with Gasteiger partial charge >= 0.3 is 11.9 Å². The SMILES string of the molecule is Cc1cc(CCC(c2ccc(F)c(F)c2)N(C)C)cc2ccccc12.Cc1cc(CCC(c2ccc(F)c(F)c2)N(C)C)cc2ccccc12.O=C(O)C=CC(=O)O. The van der Waals surface area contributed by atoms with Gasteiger partial charge in [-0.3, -0.25) is 0 Å². The van der Waals surface area contributed by atoms with Crippen LogP contribution in [0.3, 0.4) is 0 Å². The fraction of sp³-hybridized carbons (Fsp3) is 0.250. The Hall–Kier alpha value is -5.84. The number of rotatable bonds is 12. The van der Waals surface area contributed by atoms with Gasteiger partial charge in [-0.2, -0.15) is 0 Å². The van der Waals surface area contributed by atoms with Crippen LogP contribution in [0.15, 0.2) is 121 Å². The maximum absolute atomic E-state index is 13.6. The van der Waals surface area contributed by atoms with Crippen molar-refractivity contribution in [1.29, 1.82) is 0 Å². The lowest BCUT2D eigenvalue weighted by atomic mass is 9.95. The molecule has 0 amide bonds. The zero-order valence-corrected chi connectivity index (χ0v) is 33.6. The fourth-order valence-electron chi connectivity index (χ4n) is 7.08. The molecule has 2 atom stereocenters. The average Bonchev–Trinajstić information content (AvgIpc) is 3.17. The molecule has 0 aliphatic carbocycles. The Morgan fingerprint density at radius 3 is 1.22 bits per heavy atom. The van der Waals surface area contributed by atoms with Gasteiger partial charge in [0, 0.05) is 24.2 Å². The second-order valence-electron chi connectivity index (χ2n) is 14.7. The molecule has 0 saturated carbocycles. The quantitative estimate of drug-likeness (QED) is 0.0949. The Morgan fingerprint density at radius 1 is 0.534 bits per heavy atom. The van der Waals surface area contributed by atoms with Gasteiger partial charge in [-0.25, -0.2) is 27.2 Å². The summed E-state index contributed by atoms with van der Waals surface area (Å²) in [6, 6.07) is 34.1. The first kappa shape index (κ1) is 44.9. The van der Waals surface area contributed by atoms with Gasteiger partial charge in [0.25, 0.3) is 0 Å². The van der Waals surface area contributed by atoms with Crippen LogP contribution in [0, 0.1) is 37.1 Å². The number of hydrogen-bond acceptors (Lipinski definition) is 4. The molecule has 0 aromatic heterocycles. The molecule has 0 spiro atoms. The Balaban J connectivity index is 0.000000217. The summed E-state index contributed by atoms with van der Waals surface area (Å²) in [5.74, 6) is -5.69. The van der Waals surface area contributed by atoms with Crippen LogP contribution >= 0.6 is 0 Å². The van der Waals surface area contributed by atoms with Crippen LogP contribution in [0.1, 0.15) is 58.3 Å². The van der Waals surface area contributed by atoms with Crippen LogP contribution < -0.4 is 0 Å². The zero-order chi connectivity index (χ0) is 42.5. The highest BCUT2D eigenvalue weighted by Gasteiger charge is 2.18. The lowest BCUT2D eigenvalue weighted by Gasteiger charge is -2.25. The molecule has 58 heavy (non-hydrogen) atoms. The summed E-state index contributed by atoms with van der Waals surface area (Å²) in [5, 5.41) is 20.7. The summed E-state index contributed by atoms with van der Waals surface area (Å²) in [4.78, 5) is 23.2. The van der Waals surface area contributed by atoms with Crippen molar-refractivity contribution in [3.05, 3.63) is 178 Å². The molecule has 6 rings (SSSR count). The van der Waals surface area contributed by atoms with E-state index in [1.807, 2.05) is 28.2 Å². The number of aryl methyl sites for hydroxylation is 4. The summed E-state index contributed by atoms with van der Waals surface area (Å²) in [6.45, 7) is 4.26. The molecule has 0 fully saturated rings. The van der Waals surface area contributed by atoms with Gasteiger partial charge in [0.1, 0.15) is 0 Å². The normalized spacial score (nSPS) is 12.3. The standard InChI is InChI=1S/2C22H23F2N.C4H4O4/c2*1-15-12-16(13-17-6-4-5-7-19(15)17)8-11-22(25(2)3)18-9-10-20(23)21(24)14-18;5-3(6)1-2-4(7)8/h2*4-7,9-10,12-14,22H,8,11H2,1-3H3;1-2H,(H,5,6)(H,7,8). The Kier molecular flexibility index (Phi) is 16.3. The smallest absolute Gasteiger partial charge is 0.328 e. The number of carbonyl (C=O) groups is 2. The first-order valence-electron chi connectivity index (χ1n) is 18.9. The van der Waals surface area contributed by atoms with Crippen molar-refractivity contribution in [2.45, 2.75) is 51.6 Å². The number of carboxylic acid groups (broad SMARTS) is 2. The number of fused-ring (bicyclic) bond motifs is 2. The molecule has 6 nitrogen and oxygen atoms in total. The predicted octanol–water partition coefficient (Wildman–Crippen LogP) is 11.0. The van der Waals surface area contributed by atoms with E-state index in [-0.39, 0.29) is 12.1 Å². The molecule has 10 heteroatoms. The largest absolute Gasteiger partial charge is 0.478 e. The monoisotopic (exact) mass is 794 g/mol. The van der Waals surface area contributed by atoms with E-state index in [2.05, 4.69) is 96.4 Å². The molecular weight excluding hydrogens is 745 g/mol. The molecule has 0 aliphatic rings. The molecule has 0 saturated heterocycles. The highest BCUT2D eigenvalue weighted by atomic mass is 19.2. The van der Waals surface area contributed by atoms with Crippen molar-refractivity contribution in [1.82, 2.24) is 9.80 Å². The van der Waals surface area contributed by atoms with Gasteiger partial charge in [0.15, 0.2) is 23.3 Å². The predicted molar refractivity (Wildman–Crippen MR) is 224 cm³/mol. The van der Waals surface area contributed by atoms with Gasteiger partial charge < -0.3 is 20.0 Å². The lowest BCUT2D eigenvalue weighted by Crippen LogP contribution is -2.21. The van der Waals surface area contributed by atoms with Crippen LogP contribution in [0.4, 0.5) is 17.6 Å². The Morgan fingerprint density at radius 2 is 0.897 bits per heavy atom. The highest BCUT2D eigenvalue weighted by Crippen LogP contribution is 2.29. The van der Waals surface area contributed by atoms with E-state index in [0.29, 0.717) is 12.2 Å². The van der Waals surface area contributed by atoms with Crippen LogP contribution in [0.2, 0.25) is 0 Å². The second-order valence-corrected chi connectivity index (χ2v) is 14.7. The van der Waals surface area contributed by atoms with Gasteiger partial charge in [0.2, 0.25) is 0 Å². The van der Waals surface area contributed by atoms with Gasteiger partial charge in [0.05, 0.1) is 0 Å². The minimum Gasteiger partial charge on any atom is -0.478 e. The molecular formula is C48H50F4N2O4.